The molecule has 0 spiro atoms. The predicted octanol–water partition coefficient (Wildman–Crippen LogP) is 4.57. The van der Waals surface area contributed by atoms with Crippen LogP contribution in [0.3, 0.4) is 0 Å². The van der Waals surface area contributed by atoms with Crippen LogP contribution in [-0.4, -0.2) is 57.1 Å². The number of nitrogens with one attached hydrogen (secondary N) is 1. The molecule has 1 unspecified atom stereocenters. The molecule has 36 heavy (non-hydrogen) atoms. The molecule has 0 aliphatic rings. The highest BCUT2D eigenvalue weighted by molar-refractivity contribution is 7.92. The van der Waals surface area contributed by atoms with Crippen LogP contribution in [0.1, 0.15) is 50.7 Å². The highest BCUT2D eigenvalue weighted by atomic mass is 35.5. The molecule has 7 nitrogen and oxygen atoms in total. The normalized spacial score (nSPS) is 12.1. The standard InChI is InChI=1S/C27H38ClN3O4S/c1-5-17-29-27(33)24(6-2)30(19-16-22-11-8-7-9-12-22)26(32)13-10-18-31(36(4,34)35)25-20-23(28)15-14-21(25)3/h7-9,11-12,14-15,20,24H,5-6,10,13,16-19H2,1-4H3,(H,29,33). The van der Waals surface area contributed by atoms with E-state index in [4.69, 9.17) is 11.6 Å². The molecule has 0 radical (unpaired) electrons. The third-order valence-electron chi connectivity index (χ3n) is 6.01. The van der Waals surface area contributed by atoms with Crippen molar-refractivity contribution in [3.63, 3.8) is 0 Å². The number of halogens is 1. The van der Waals surface area contributed by atoms with Crippen molar-refractivity contribution in [3.05, 3.63) is 64.7 Å². The molecule has 9 heteroatoms. The maximum Gasteiger partial charge on any atom is 0.242 e. The lowest BCUT2D eigenvalue weighted by Gasteiger charge is -2.31. The van der Waals surface area contributed by atoms with Gasteiger partial charge in [0, 0.05) is 31.1 Å². The predicted molar refractivity (Wildman–Crippen MR) is 147 cm³/mol. The van der Waals surface area contributed by atoms with E-state index in [0.29, 0.717) is 43.1 Å². The van der Waals surface area contributed by atoms with Crippen LogP contribution in [-0.2, 0) is 26.0 Å². The smallest absolute Gasteiger partial charge is 0.242 e. The first kappa shape index (κ1) is 29.6. The van der Waals surface area contributed by atoms with Gasteiger partial charge in [-0.05, 0) is 55.9 Å². The third kappa shape index (κ3) is 8.82. The zero-order valence-corrected chi connectivity index (χ0v) is 23.2. The number of hydrogen-bond donors (Lipinski definition) is 1. The maximum absolute atomic E-state index is 13.4. The summed E-state index contributed by atoms with van der Waals surface area (Å²) < 4.78 is 26.4. The summed E-state index contributed by atoms with van der Waals surface area (Å²) in [5.41, 5.74) is 2.36. The van der Waals surface area contributed by atoms with E-state index in [1.807, 2.05) is 51.1 Å². The average molecular weight is 536 g/mol. The summed E-state index contributed by atoms with van der Waals surface area (Å²) in [5.74, 6) is -0.325. The lowest BCUT2D eigenvalue weighted by Crippen LogP contribution is -2.50. The second kappa shape index (κ2) is 14.2. The third-order valence-corrected chi connectivity index (χ3v) is 7.43. The number of benzene rings is 2. The Kier molecular flexibility index (Phi) is 11.7. The SMILES string of the molecule is CCCNC(=O)C(CC)N(CCc1ccccc1)C(=O)CCCN(c1cc(Cl)ccc1C)S(C)(=O)=O. The van der Waals surface area contributed by atoms with Gasteiger partial charge in [0.15, 0.2) is 0 Å². The Labute approximate surface area is 220 Å². The second-order valence-electron chi connectivity index (χ2n) is 8.91. The van der Waals surface area contributed by atoms with Gasteiger partial charge in [-0.3, -0.25) is 13.9 Å². The first-order valence-electron chi connectivity index (χ1n) is 12.4. The van der Waals surface area contributed by atoms with Gasteiger partial charge in [0.1, 0.15) is 6.04 Å². The van der Waals surface area contributed by atoms with E-state index in [2.05, 4.69) is 5.32 Å². The average Bonchev–Trinajstić information content (AvgIpc) is 2.84. The summed E-state index contributed by atoms with van der Waals surface area (Å²) in [5, 5.41) is 3.35. The van der Waals surface area contributed by atoms with Crippen molar-refractivity contribution in [3.8, 4) is 0 Å². The number of sulfonamides is 1. The molecule has 1 atom stereocenters. The molecule has 2 aromatic rings. The zero-order chi connectivity index (χ0) is 26.7. The zero-order valence-electron chi connectivity index (χ0n) is 21.7. The molecule has 2 amide bonds. The summed E-state index contributed by atoms with van der Waals surface area (Å²) in [6, 6.07) is 14.4. The van der Waals surface area contributed by atoms with Crippen LogP contribution in [0, 0.1) is 6.92 Å². The number of carbonyl (C=O) groups is 2. The summed E-state index contributed by atoms with van der Waals surface area (Å²) >= 11 is 6.12. The molecule has 198 valence electrons. The van der Waals surface area contributed by atoms with Crippen molar-refractivity contribution in [2.75, 3.05) is 30.2 Å². The Bertz CT molecular complexity index is 1110. The van der Waals surface area contributed by atoms with Crippen molar-refractivity contribution in [2.24, 2.45) is 0 Å². The number of anilines is 1. The fourth-order valence-corrected chi connectivity index (χ4v) is 5.28. The van der Waals surface area contributed by atoms with Crippen LogP contribution in [0.2, 0.25) is 5.02 Å². The molecule has 0 saturated carbocycles. The van der Waals surface area contributed by atoms with Gasteiger partial charge < -0.3 is 10.2 Å². The summed E-state index contributed by atoms with van der Waals surface area (Å²) in [6.07, 6.45) is 3.51. The van der Waals surface area contributed by atoms with Crippen LogP contribution < -0.4 is 9.62 Å². The summed E-state index contributed by atoms with van der Waals surface area (Å²) in [7, 11) is -3.58. The van der Waals surface area contributed by atoms with Crippen LogP contribution in [0.5, 0.6) is 0 Å². The van der Waals surface area contributed by atoms with Gasteiger partial charge in [0.2, 0.25) is 21.8 Å². The number of amides is 2. The molecular weight excluding hydrogens is 498 g/mol. The highest BCUT2D eigenvalue weighted by Crippen LogP contribution is 2.27. The van der Waals surface area contributed by atoms with Crippen molar-refractivity contribution in [1.29, 1.82) is 0 Å². The second-order valence-corrected chi connectivity index (χ2v) is 11.3. The Balaban J connectivity index is 2.17. The summed E-state index contributed by atoms with van der Waals surface area (Å²) in [4.78, 5) is 27.9. The minimum absolute atomic E-state index is 0.123. The van der Waals surface area contributed by atoms with Gasteiger partial charge >= 0.3 is 0 Å². The number of hydrogen-bond acceptors (Lipinski definition) is 4. The van der Waals surface area contributed by atoms with Gasteiger partial charge in [-0.15, -0.1) is 0 Å². The quantitative estimate of drug-likeness (QED) is 0.384. The van der Waals surface area contributed by atoms with Crippen LogP contribution >= 0.6 is 11.6 Å². The topological polar surface area (TPSA) is 86.8 Å². The largest absolute Gasteiger partial charge is 0.354 e. The molecular formula is C27H38ClN3O4S. The van der Waals surface area contributed by atoms with E-state index in [-0.39, 0.29) is 24.8 Å². The minimum Gasteiger partial charge on any atom is -0.354 e. The molecule has 0 aromatic heterocycles. The highest BCUT2D eigenvalue weighted by Gasteiger charge is 2.28. The molecule has 2 aromatic carbocycles. The monoisotopic (exact) mass is 535 g/mol. The van der Waals surface area contributed by atoms with Crippen LogP contribution in [0.15, 0.2) is 48.5 Å². The lowest BCUT2D eigenvalue weighted by atomic mass is 10.1. The number of aryl methyl sites for hydroxylation is 1. The first-order chi connectivity index (χ1) is 17.1. The summed E-state index contributed by atoms with van der Waals surface area (Å²) in [6.45, 7) is 6.79. The Hall–Kier alpha value is -2.58. The van der Waals surface area contributed by atoms with Crippen molar-refractivity contribution in [2.45, 2.75) is 58.9 Å². The van der Waals surface area contributed by atoms with E-state index < -0.39 is 16.1 Å². The fourth-order valence-electron chi connectivity index (χ4n) is 4.10. The van der Waals surface area contributed by atoms with Crippen LogP contribution in [0.25, 0.3) is 0 Å². The van der Waals surface area contributed by atoms with E-state index in [1.54, 1.807) is 23.1 Å². The lowest BCUT2D eigenvalue weighted by molar-refractivity contribution is -0.140. The van der Waals surface area contributed by atoms with Gasteiger partial charge in [-0.25, -0.2) is 8.42 Å². The fraction of sp³-hybridized carbons (Fsp3) is 0.481. The van der Waals surface area contributed by atoms with Crippen LogP contribution in [0.4, 0.5) is 5.69 Å². The molecule has 1 N–H and O–H groups in total. The van der Waals surface area contributed by atoms with Crippen molar-refractivity contribution >= 4 is 39.1 Å². The van der Waals surface area contributed by atoms with Gasteiger partial charge in [0.25, 0.3) is 0 Å². The van der Waals surface area contributed by atoms with Gasteiger partial charge in [-0.2, -0.15) is 0 Å². The van der Waals surface area contributed by atoms with Gasteiger partial charge in [0.05, 0.1) is 11.9 Å². The number of rotatable bonds is 14. The number of nitrogens with zero attached hydrogens (tertiary/aromatic N) is 2. The van der Waals surface area contributed by atoms with E-state index in [1.165, 1.54) is 4.31 Å². The molecule has 0 heterocycles. The molecule has 0 fully saturated rings. The first-order valence-corrected chi connectivity index (χ1v) is 14.7. The Morgan fingerprint density at radius 2 is 1.75 bits per heavy atom. The minimum atomic E-state index is -3.58. The Morgan fingerprint density at radius 3 is 2.36 bits per heavy atom. The number of carbonyl (C=O) groups excluding carboxylic acids is 2. The van der Waals surface area contributed by atoms with E-state index in [9.17, 15) is 18.0 Å². The Morgan fingerprint density at radius 1 is 1.06 bits per heavy atom. The molecule has 0 aliphatic heterocycles. The van der Waals surface area contributed by atoms with Crippen molar-refractivity contribution < 1.29 is 18.0 Å². The maximum atomic E-state index is 13.4. The van der Waals surface area contributed by atoms with E-state index >= 15 is 0 Å². The molecule has 2 rings (SSSR count). The van der Waals surface area contributed by atoms with E-state index in [0.717, 1.165) is 23.8 Å². The van der Waals surface area contributed by atoms with Gasteiger partial charge in [-0.1, -0.05) is 61.8 Å². The molecule has 0 aliphatic carbocycles. The molecule has 0 saturated heterocycles. The molecule has 0 bridgehead atoms. The van der Waals surface area contributed by atoms with Crippen molar-refractivity contribution in [1.82, 2.24) is 10.2 Å².